The third-order valence-electron chi connectivity index (χ3n) is 5.37. The fourth-order valence-corrected chi connectivity index (χ4v) is 3.34. The number of nitriles is 2. The Bertz CT molecular complexity index is 1530. The van der Waals surface area contributed by atoms with Gasteiger partial charge in [-0.3, -0.25) is 4.79 Å². The van der Waals surface area contributed by atoms with Gasteiger partial charge in [0.2, 0.25) is 0 Å². The van der Waals surface area contributed by atoms with E-state index in [1.807, 2.05) is 6.07 Å². The van der Waals surface area contributed by atoms with Crippen LogP contribution in [0.2, 0.25) is 0 Å². The van der Waals surface area contributed by atoms with Gasteiger partial charge in [0.05, 0.1) is 46.8 Å². The molecule has 1 amide bonds. The number of nitrogens with zero attached hydrogens (tertiary/aromatic N) is 6. The van der Waals surface area contributed by atoms with Crippen LogP contribution in [0, 0.1) is 22.7 Å². The zero-order valence-electron chi connectivity index (χ0n) is 19.4. The molecule has 0 fully saturated rings. The van der Waals surface area contributed by atoms with Gasteiger partial charge in [-0.15, -0.1) is 0 Å². The molecule has 0 spiro atoms. The van der Waals surface area contributed by atoms with Crippen LogP contribution < -0.4 is 10.6 Å². The number of anilines is 2. The standard InChI is InChI=1S/C25H21FN8O2/c1-25(2,36)21(26)14-31-24(35)19-13-29-22(8-20(19)33-18-5-3-4-15(7-18)9-27)34-23-17(12-32-34)6-16(10-28)11-30-23/h3-8,11-13,21,36H,14H2,1-2H3,(H,29,33)(H,31,35). The molecule has 180 valence electrons. The molecule has 10 nitrogen and oxygen atoms in total. The van der Waals surface area contributed by atoms with Crippen molar-refractivity contribution >= 4 is 28.3 Å². The van der Waals surface area contributed by atoms with Gasteiger partial charge in [-0.2, -0.15) is 20.3 Å². The molecular weight excluding hydrogens is 463 g/mol. The van der Waals surface area contributed by atoms with E-state index in [0.717, 1.165) is 0 Å². The molecule has 3 N–H and O–H groups in total. The molecule has 1 unspecified atom stereocenters. The summed E-state index contributed by atoms with van der Waals surface area (Å²) in [4.78, 5) is 21.6. The largest absolute Gasteiger partial charge is 0.387 e. The number of aliphatic hydroxyl groups is 1. The average molecular weight is 484 g/mol. The summed E-state index contributed by atoms with van der Waals surface area (Å²) in [5.41, 5.74) is 0.626. The number of hydrogen-bond donors (Lipinski definition) is 3. The molecule has 0 radical (unpaired) electrons. The highest BCUT2D eigenvalue weighted by Crippen LogP contribution is 2.25. The molecule has 0 saturated carbocycles. The van der Waals surface area contributed by atoms with Gasteiger partial charge < -0.3 is 15.7 Å². The number of nitrogens with one attached hydrogen (secondary N) is 2. The van der Waals surface area contributed by atoms with Crippen molar-refractivity contribution in [3.05, 3.63) is 71.7 Å². The molecule has 1 atom stereocenters. The van der Waals surface area contributed by atoms with Gasteiger partial charge in [0, 0.05) is 29.5 Å². The summed E-state index contributed by atoms with van der Waals surface area (Å²) in [7, 11) is 0. The first kappa shape index (κ1) is 24.3. The van der Waals surface area contributed by atoms with E-state index in [9.17, 15) is 19.6 Å². The van der Waals surface area contributed by atoms with Crippen molar-refractivity contribution in [3.8, 4) is 18.0 Å². The van der Waals surface area contributed by atoms with Crippen molar-refractivity contribution in [1.29, 1.82) is 10.5 Å². The highest BCUT2D eigenvalue weighted by Gasteiger charge is 2.27. The maximum Gasteiger partial charge on any atom is 0.255 e. The Morgan fingerprint density at radius 2 is 1.92 bits per heavy atom. The summed E-state index contributed by atoms with van der Waals surface area (Å²) in [5, 5.41) is 38.7. The number of carbonyl (C=O) groups excluding carboxylic acids is 1. The van der Waals surface area contributed by atoms with E-state index >= 15 is 0 Å². The second kappa shape index (κ2) is 9.78. The first-order chi connectivity index (χ1) is 17.2. The van der Waals surface area contributed by atoms with Crippen molar-refractivity contribution in [3.63, 3.8) is 0 Å². The Balaban J connectivity index is 1.73. The van der Waals surface area contributed by atoms with Crippen LogP contribution in [0.5, 0.6) is 0 Å². The van der Waals surface area contributed by atoms with Crippen molar-refractivity contribution in [2.24, 2.45) is 0 Å². The lowest BCUT2D eigenvalue weighted by molar-refractivity contribution is -0.00177. The van der Waals surface area contributed by atoms with Crippen LogP contribution in [0.1, 0.15) is 35.3 Å². The summed E-state index contributed by atoms with van der Waals surface area (Å²) in [6.45, 7) is 2.23. The van der Waals surface area contributed by atoms with Gasteiger partial charge in [0.25, 0.3) is 5.91 Å². The fourth-order valence-electron chi connectivity index (χ4n) is 3.34. The van der Waals surface area contributed by atoms with E-state index in [1.165, 1.54) is 30.9 Å². The quantitative estimate of drug-likeness (QED) is 0.362. The van der Waals surface area contributed by atoms with Crippen LogP contribution in [-0.2, 0) is 0 Å². The lowest BCUT2D eigenvalue weighted by Crippen LogP contribution is -2.42. The predicted octanol–water partition coefficient (Wildman–Crippen LogP) is 3.14. The number of rotatable bonds is 7. The summed E-state index contributed by atoms with van der Waals surface area (Å²) in [5.74, 6) is -0.278. The zero-order chi connectivity index (χ0) is 25.9. The number of benzene rings is 1. The Morgan fingerprint density at radius 1 is 1.14 bits per heavy atom. The van der Waals surface area contributed by atoms with E-state index in [2.05, 4.69) is 31.8 Å². The molecule has 0 aliphatic rings. The number of halogens is 1. The number of amides is 1. The molecule has 1 aromatic carbocycles. The normalized spacial score (nSPS) is 11.9. The first-order valence-electron chi connectivity index (χ1n) is 10.9. The fraction of sp³-hybridized carbons (Fsp3) is 0.200. The topological polar surface area (TPSA) is 153 Å². The first-order valence-corrected chi connectivity index (χ1v) is 10.9. The van der Waals surface area contributed by atoms with Crippen LogP contribution in [0.3, 0.4) is 0 Å². The Hall–Kier alpha value is -4.87. The molecular formula is C25H21FN8O2. The van der Waals surface area contributed by atoms with Crippen molar-refractivity contribution < 1.29 is 14.3 Å². The predicted molar refractivity (Wildman–Crippen MR) is 129 cm³/mol. The zero-order valence-corrected chi connectivity index (χ0v) is 19.4. The van der Waals surface area contributed by atoms with Crippen LogP contribution in [0.25, 0.3) is 16.9 Å². The Morgan fingerprint density at radius 3 is 2.64 bits per heavy atom. The van der Waals surface area contributed by atoms with E-state index in [1.54, 1.807) is 42.6 Å². The third-order valence-corrected chi connectivity index (χ3v) is 5.37. The summed E-state index contributed by atoms with van der Waals surface area (Å²) >= 11 is 0. The molecule has 0 aliphatic heterocycles. The van der Waals surface area contributed by atoms with Gasteiger partial charge in [-0.05, 0) is 38.1 Å². The summed E-state index contributed by atoms with van der Waals surface area (Å²) < 4.78 is 15.7. The second-order valence-corrected chi connectivity index (χ2v) is 8.54. The van der Waals surface area contributed by atoms with Gasteiger partial charge in [-0.25, -0.2) is 14.4 Å². The minimum absolute atomic E-state index is 0.111. The molecule has 4 rings (SSSR count). The monoisotopic (exact) mass is 484 g/mol. The molecule has 11 heteroatoms. The Labute approximate surface area is 205 Å². The molecule has 0 bridgehead atoms. The maximum atomic E-state index is 14.2. The highest BCUT2D eigenvalue weighted by atomic mass is 19.1. The van der Waals surface area contributed by atoms with Crippen molar-refractivity contribution in [2.45, 2.75) is 25.6 Å². The van der Waals surface area contributed by atoms with Gasteiger partial charge in [-0.1, -0.05) is 6.07 Å². The number of pyridine rings is 2. The number of hydrogen-bond acceptors (Lipinski definition) is 8. The molecule has 4 aromatic rings. The second-order valence-electron chi connectivity index (χ2n) is 8.54. The van der Waals surface area contributed by atoms with Crippen molar-refractivity contribution in [2.75, 3.05) is 11.9 Å². The molecule has 3 heterocycles. The van der Waals surface area contributed by atoms with E-state index in [0.29, 0.717) is 39.4 Å². The van der Waals surface area contributed by atoms with Gasteiger partial charge >= 0.3 is 0 Å². The molecule has 0 aliphatic carbocycles. The molecule has 3 aromatic heterocycles. The SMILES string of the molecule is CC(C)(O)C(F)CNC(=O)c1cnc(-n2ncc3cc(C#N)cnc32)cc1Nc1cccc(C#N)c1. The molecule has 36 heavy (non-hydrogen) atoms. The number of aromatic nitrogens is 4. The highest BCUT2D eigenvalue weighted by molar-refractivity contribution is 6.00. The van der Waals surface area contributed by atoms with Gasteiger partial charge in [0.1, 0.15) is 12.2 Å². The third kappa shape index (κ3) is 5.12. The van der Waals surface area contributed by atoms with E-state index in [-0.39, 0.29) is 5.56 Å². The van der Waals surface area contributed by atoms with Crippen LogP contribution in [0.4, 0.5) is 15.8 Å². The lowest BCUT2D eigenvalue weighted by Gasteiger charge is -2.22. The van der Waals surface area contributed by atoms with Gasteiger partial charge in [0.15, 0.2) is 11.5 Å². The number of alkyl halides is 1. The minimum Gasteiger partial charge on any atom is -0.387 e. The summed E-state index contributed by atoms with van der Waals surface area (Å²) in [6, 6.07) is 14.0. The van der Waals surface area contributed by atoms with Crippen LogP contribution >= 0.6 is 0 Å². The summed E-state index contributed by atoms with van der Waals surface area (Å²) in [6.07, 6.45) is 2.60. The smallest absolute Gasteiger partial charge is 0.255 e. The van der Waals surface area contributed by atoms with E-state index < -0.39 is 24.2 Å². The Kier molecular flexibility index (Phi) is 6.59. The maximum absolute atomic E-state index is 14.2. The number of carbonyl (C=O) groups is 1. The van der Waals surface area contributed by atoms with Crippen LogP contribution in [-0.4, -0.2) is 49.1 Å². The van der Waals surface area contributed by atoms with Crippen molar-refractivity contribution in [1.82, 2.24) is 25.1 Å². The minimum atomic E-state index is -1.68. The average Bonchev–Trinajstić information content (AvgIpc) is 3.29. The molecule has 0 saturated heterocycles. The number of fused-ring (bicyclic) bond motifs is 1. The van der Waals surface area contributed by atoms with Crippen LogP contribution in [0.15, 0.2) is 55.0 Å². The van der Waals surface area contributed by atoms with E-state index in [4.69, 9.17) is 5.26 Å². The lowest BCUT2D eigenvalue weighted by atomic mass is 10.0.